The van der Waals surface area contributed by atoms with Crippen LogP contribution in [-0.4, -0.2) is 11.4 Å². The number of anilines is 2. The standard InChI is InChI=1S/C53H45BN2O/c1-51(2,3)30-17-20-32(21-18-30)56-43-25-19-31(52(4,5)6)27-39(43)35-22-23-37-47-44(26-24-36-34-14-10-12-16-46(34)57-50(36)47)55-45-29-41-38(28-42(45)54(56)48(35)49(37)55)33-13-9-11-15-40(33)53(41,7)8/h9-29H,1-8H3. The number of hydrogen-bond donors (Lipinski definition) is 0. The Morgan fingerprint density at radius 3 is 2.07 bits per heavy atom. The first-order chi connectivity index (χ1) is 27.3. The van der Waals surface area contributed by atoms with Crippen molar-refractivity contribution in [2.75, 3.05) is 4.81 Å². The van der Waals surface area contributed by atoms with Crippen LogP contribution >= 0.6 is 0 Å². The van der Waals surface area contributed by atoms with E-state index in [1.807, 2.05) is 0 Å². The Balaban J connectivity index is 1.26. The summed E-state index contributed by atoms with van der Waals surface area (Å²) < 4.78 is 9.44. The van der Waals surface area contributed by atoms with Gasteiger partial charge in [-0.2, -0.15) is 0 Å². The van der Waals surface area contributed by atoms with Crippen LogP contribution in [0.25, 0.3) is 71.7 Å². The van der Waals surface area contributed by atoms with Crippen molar-refractivity contribution in [3.63, 3.8) is 0 Å². The molecule has 2 aromatic heterocycles. The van der Waals surface area contributed by atoms with Crippen LogP contribution in [0.1, 0.15) is 77.6 Å². The van der Waals surface area contributed by atoms with Crippen LogP contribution < -0.4 is 15.7 Å². The van der Waals surface area contributed by atoms with Gasteiger partial charge in [-0.05, 0) is 109 Å². The van der Waals surface area contributed by atoms with Gasteiger partial charge in [0.25, 0.3) is 0 Å². The molecule has 0 N–H and O–H groups in total. The maximum Gasteiger partial charge on any atom is 0.333 e. The maximum absolute atomic E-state index is 6.84. The molecule has 7 aromatic carbocycles. The van der Waals surface area contributed by atoms with Crippen molar-refractivity contribution in [1.29, 1.82) is 0 Å². The van der Waals surface area contributed by atoms with Crippen LogP contribution in [0.15, 0.2) is 132 Å². The summed E-state index contributed by atoms with van der Waals surface area (Å²) in [5, 5.41) is 4.75. The van der Waals surface area contributed by atoms with Crippen molar-refractivity contribution >= 4 is 72.9 Å². The van der Waals surface area contributed by atoms with Gasteiger partial charge >= 0.3 is 6.85 Å². The third-order valence-corrected chi connectivity index (χ3v) is 13.7. The summed E-state index contributed by atoms with van der Waals surface area (Å²) in [5.41, 5.74) is 21.4. The van der Waals surface area contributed by atoms with Crippen LogP contribution in [0, 0.1) is 0 Å². The van der Waals surface area contributed by atoms with Gasteiger partial charge in [-0.3, -0.25) is 0 Å². The minimum Gasteiger partial charge on any atom is -0.455 e. The Morgan fingerprint density at radius 1 is 0.561 bits per heavy atom. The summed E-state index contributed by atoms with van der Waals surface area (Å²) in [4.78, 5) is 2.66. The lowest BCUT2D eigenvalue weighted by molar-refractivity contribution is 0.590. The van der Waals surface area contributed by atoms with Crippen molar-refractivity contribution in [2.24, 2.45) is 0 Å². The monoisotopic (exact) mass is 736 g/mol. The number of nitrogens with zero attached hydrogens (tertiary/aromatic N) is 2. The average molecular weight is 737 g/mol. The molecule has 0 amide bonds. The van der Waals surface area contributed by atoms with Crippen LogP contribution in [0.5, 0.6) is 0 Å². The Labute approximate surface area is 334 Å². The molecule has 9 aromatic rings. The highest BCUT2D eigenvalue weighted by molar-refractivity contribution is 6.93. The zero-order chi connectivity index (χ0) is 38.9. The van der Waals surface area contributed by atoms with Gasteiger partial charge in [0.05, 0.1) is 16.4 Å². The maximum atomic E-state index is 6.84. The van der Waals surface area contributed by atoms with E-state index >= 15 is 0 Å². The van der Waals surface area contributed by atoms with Gasteiger partial charge < -0.3 is 13.8 Å². The fraction of sp³-hybridized carbons (Fsp3) is 0.208. The van der Waals surface area contributed by atoms with Gasteiger partial charge in [-0.25, -0.2) is 0 Å². The molecule has 276 valence electrons. The van der Waals surface area contributed by atoms with E-state index in [0.717, 1.165) is 21.9 Å². The molecular weight excluding hydrogens is 691 g/mol. The molecule has 3 aliphatic rings. The van der Waals surface area contributed by atoms with E-state index < -0.39 is 0 Å². The van der Waals surface area contributed by atoms with Crippen molar-refractivity contribution in [3.8, 4) is 27.9 Å². The molecule has 0 saturated carbocycles. The van der Waals surface area contributed by atoms with Gasteiger partial charge in [-0.15, -0.1) is 0 Å². The van der Waals surface area contributed by atoms with Gasteiger partial charge in [0.1, 0.15) is 11.2 Å². The first kappa shape index (κ1) is 33.2. The zero-order valence-electron chi connectivity index (χ0n) is 34.0. The molecule has 0 atom stereocenters. The highest BCUT2D eigenvalue weighted by Crippen LogP contribution is 2.52. The van der Waals surface area contributed by atoms with E-state index in [4.69, 9.17) is 4.42 Å². The molecule has 2 aliphatic heterocycles. The van der Waals surface area contributed by atoms with E-state index in [9.17, 15) is 0 Å². The minimum absolute atomic E-state index is 0.00153. The van der Waals surface area contributed by atoms with E-state index in [1.165, 1.54) is 94.3 Å². The predicted octanol–water partition coefficient (Wildman–Crippen LogP) is 12.8. The van der Waals surface area contributed by atoms with Gasteiger partial charge in [0, 0.05) is 44.2 Å². The predicted molar refractivity (Wildman–Crippen MR) is 242 cm³/mol. The third kappa shape index (κ3) is 4.23. The molecule has 0 fully saturated rings. The minimum atomic E-state index is -0.137. The first-order valence-corrected chi connectivity index (χ1v) is 20.6. The fourth-order valence-corrected chi connectivity index (χ4v) is 10.7. The van der Waals surface area contributed by atoms with Crippen molar-refractivity contribution in [3.05, 3.63) is 150 Å². The third-order valence-electron chi connectivity index (χ3n) is 13.7. The van der Waals surface area contributed by atoms with Crippen molar-refractivity contribution in [1.82, 2.24) is 4.57 Å². The molecule has 0 bridgehead atoms. The molecule has 12 rings (SSSR count). The van der Waals surface area contributed by atoms with E-state index in [2.05, 4.69) is 192 Å². The highest BCUT2D eigenvalue weighted by atomic mass is 16.3. The van der Waals surface area contributed by atoms with Crippen LogP contribution in [0.4, 0.5) is 11.4 Å². The lowest BCUT2D eigenvalue weighted by atomic mass is 9.43. The number of rotatable bonds is 1. The quantitative estimate of drug-likeness (QED) is 0.157. The van der Waals surface area contributed by atoms with E-state index in [-0.39, 0.29) is 23.1 Å². The number of benzene rings is 7. The molecule has 0 radical (unpaired) electrons. The summed E-state index contributed by atoms with van der Waals surface area (Å²) in [7, 11) is 0. The normalized spacial score (nSPS) is 15.1. The molecule has 0 saturated heterocycles. The SMILES string of the molecule is CC(C)(C)c1ccc(N2B3c4cc5c(cc4-n4c6ccc7c8ccccc8oc7c6c6ccc(c3c64)-c3cc(C(C)(C)C)ccc32)C(C)(C)c2ccccc2-5)cc1. The molecule has 4 heterocycles. The van der Waals surface area contributed by atoms with Crippen LogP contribution in [-0.2, 0) is 16.2 Å². The summed E-state index contributed by atoms with van der Waals surface area (Å²) in [6.45, 7) is 18.6. The molecule has 57 heavy (non-hydrogen) atoms. The molecule has 3 nitrogen and oxygen atoms in total. The number of hydrogen-bond acceptors (Lipinski definition) is 2. The Hall–Kier alpha value is -6.00. The lowest BCUT2D eigenvalue weighted by Crippen LogP contribution is -2.60. The largest absolute Gasteiger partial charge is 0.455 e. The Kier molecular flexibility index (Phi) is 6.22. The van der Waals surface area contributed by atoms with Crippen LogP contribution in [0.3, 0.4) is 0 Å². The van der Waals surface area contributed by atoms with Crippen molar-refractivity contribution < 1.29 is 4.42 Å². The summed E-state index contributed by atoms with van der Waals surface area (Å²) in [6.07, 6.45) is 0. The van der Waals surface area contributed by atoms with Gasteiger partial charge in [-0.1, -0.05) is 134 Å². The van der Waals surface area contributed by atoms with Crippen molar-refractivity contribution in [2.45, 2.75) is 71.6 Å². The Bertz CT molecular complexity index is 3230. The molecule has 0 spiro atoms. The second-order valence-corrected chi connectivity index (χ2v) is 19.4. The first-order valence-electron chi connectivity index (χ1n) is 20.6. The van der Waals surface area contributed by atoms with Gasteiger partial charge in [0.15, 0.2) is 0 Å². The highest BCUT2D eigenvalue weighted by Gasteiger charge is 2.46. The molecule has 1 aliphatic carbocycles. The lowest BCUT2D eigenvalue weighted by Gasteiger charge is -2.43. The average Bonchev–Trinajstić information content (AvgIpc) is 3.82. The number of para-hydroxylation sites is 1. The van der Waals surface area contributed by atoms with Crippen LogP contribution in [0.2, 0.25) is 0 Å². The molecule has 4 heteroatoms. The Morgan fingerprint density at radius 2 is 1.28 bits per heavy atom. The van der Waals surface area contributed by atoms with Gasteiger partial charge in [0.2, 0.25) is 0 Å². The molecular formula is C53H45BN2O. The number of furan rings is 1. The summed E-state index contributed by atoms with van der Waals surface area (Å²) >= 11 is 0. The fourth-order valence-electron chi connectivity index (χ4n) is 10.7. The topological polar surface area (TPSA) is 21.3 Å². The van der Waals surface area contributed by atoms with E-state index in [0.29, 0.717) is 0 Å². The number of fused-ring (bicyclic) bond motifs is 15. The second kappa shape index (κ2) is 10.7. The zero-order valence-corrected chi connectivity index (χ0v) is 34.0. The van der Waals surface area contributed by atoms with E-state index in [1.54, 1.807) is 0 Å². The smallest absolute Gasteiger partial charge is 0.333 e. The number of aromatic nitrogens is 1. The summed E-state index contributed by atoms with van der Waals surface area (Å²) in [6, 6.07) is 48.7. The summed E-state index contributed by atoms with van der Waals surface area (Å²) in [5.74, 6) is 0. The molecule has 0 unspecified atom stereocenters. The second-order valence-electron chi connectivity index (χ2n) is 19.4.